The second-order valence-corrected chi connectivity index (χ2v) is 5.96. The molecule has 0 radical (unpaired) electrons. The van der Waals surface area contributed by atoms with E-state index in [4.69, 9.17) is 9.47 Å². The van der Waals surface area contributed by atoms with Gasteiger partial charge in [0.2, 0.25) is 5.82 Å². The van der Waals surface area contributed by atoms with Crippen molar-refractivity contribution in [3.05, 3.63) is 108 Å². The smallest absolute Gasteiger partial charge is 0.201 e. The van der Waals surface area contributed by atoms with Gasteiger partial charge in [0.25, 0.3) is 0 Å². The van der Waals surface area contributed by atoms with Gasteiger partial charge < -0.3 is 9.47 Å². The van der Waals surface area contributed by atoms with Crippen molar-refractivity contribution in [3.63, 3.8) is 0 Å². The summed E-state index contributed by atoms with van der Waals surface area (Å²) in [5.41, 5.74) is 0.938. The van der Waals surface area contributed by atoms with E-state index in [0.717, 1.165) is 6.08 Å². The van der Waals surface area contributed by atoms with Crippen LogP contribution in [0.25, 0.3) is 6.08 Å². The molecule has 0 saturated carbocycles. The maximum absolute atomic E-state index is 14.1. The van der Waals surface area contributed by atoms with Crippen molar-refractivity contribution in [2.45, 2.75) is 13.8 Å². The van der Waals surface area contributed by atoms with Crippen molar-refractivity contribution in [2.24, 2.45) is 0 Å². The first-order chi connectivity index (χ1) is 13.7. The third-order valence-electron chi connectivity index (χ3n) is 3.65. The lowest BCUT2D eigenvalue weighted by molar-refractivity contribution is 0.243. The first-order valence-electron chi connectivity index (χ1n) is 8.88. The topological polar surface area (TPSA) is 18.5 Å². The maximum atomic E-state index is 14.1. The lowest BCUT2D eigenvalue weighted by Gasteiger charge is -2.09. The van der Waals surface area contributed by atoms with Gasteiger partial charge >= 0.3 is 0 Å². The largest absolute Gasteiger partial charge is 0.494 e. The first-order valence-corrected chi connectivity index (χ1v) is 8.88. The highest BCUT2D eigenvalue weighted by atomic mass is 19.2. The highest BCUT2D eigenvalue weighted by Crippen LogP contribution is 2.24. The molecule has 0 aliphatic rings. The Labute approximate surface area is 170 Å². The highest BCUT2D eigenvalue weighted by molar-refractivity contribution is 5.52. The fourth-order valence-electron chi connectivity index (χ4n) is 2.11. The third kappa shape index (κ3) is 7.37. The standard InChI is InChI=1S/C24H25F3O2/c1-7-9-20-12-13-22(24(27)23(20)26)29-15-16(3)10-11-17(4)19(6)21(25)14-18(5)28-8-2/h7,9-14H,3-6,8,15H2,1-2H3/b9-7+,11-10-,21-14+. The van der Waals surface area contributed by atoms with Gasteiger partial charge in [0.1, 0.15) is 18.2 Å². The van der Waals surface area contributed by atoms with E-state index >= 15 is 0 Å². The molecule has 0 heterocycles. The second kappa shape index (κ2) is 11.6. The molecule has 154 valence electrons. The quantitative estimate of drug-likeness (QED) is 0.293. The third-order valence-corrected chi connectivity index (χ3v) is 3.65. The molecule has 0 aliphatic carbocycles. The molecule has 0 fully saturated rings. The lowest BCUT2D eigenvalue weighted by atomic mass is 10.1. The predicted molar refractivity (Wildman–Crippen MR) is 113 cm³/mol. The van der Waals surface area contributed by atoms with Gasteiger partial charge in [-0.3, -0.25) is 0 Å². The molecule has 0 saturated heterocycles. The van der Waals surface area contributed by atoms with Gasteiger partial charge in [-0.1, -0.05) is 50.6 Å². The zero-order valence-electron chi connectivity index (χ0n) is 16.7. The lowest BCUT2D eigenvalue weighted by Crippen LogP contribution is -2.02. The fourth-order valence-corrected chi connectivity index (χ4v) is 2.11. The molecular formula is C24H25F3O2. The Morgan fingerprint density at radius 1 is 1.07 bits per heavy atom. The van der Waals surface area contributed by atoms with Crippen molar-refractivity contribution in [2.75, 3.05) is 13.2 Å². The summed E-state index contributed by atoms with van der Waals surface area (Å²) in [7, 11) is 0. The van der Waals surface area contributed by atoms with Gasteiger partial charge in [0.15, 0.2) is 11.6 Å². The minimum Gasteiger partial charge on any atom is -0.494 e. The SMILES string of the molecule is C=C(/C=C\C(=C)C(=C)/C(F)=C\C(=C)OCC)COc1ccc(/C=C/C)c(F)c1F. The molecule has 1 aromatic carbocycles. The number of halogens is 3. The van der Waals surface area contributed by atoms with Gasteiger partial charge in [0, 0.05) is 17.2 Å². The van der Waals surface area contributed by atoms with E-state index in [2.05, 4.69) is 26.3 Å². The number of ether oxygens (including phenoxy) is 2. The van der Waals surface area contributed by atoms with Gasteiger partial charge in [-0.15, -0.1) is 0 Å². The zero-order valence-corrected chi connectivity index (χ0v) is 16.7. The molecule has 1 aromatic rings. The average Bonchev–Trinajstić information content (AvgIpc) is 2.68. The zero-order chi connectivity index (χ0) is 22.0. The monoisotopic (exact) mass is 402 g/mol. The number of hydrogen-bond acceptors (Lipinski definition) is 2. The van der Waals surface area contributed by atoms with E-state index in [9.17, 15) is 13.2 Å². The van der Waals surface area contributed by atoms with Crippen LogP contribution in [0.1, 0.15) is 19.4 Å². The molecule has 1 rings (SSSR count). The maximum Gasteiger partial charge on any atom is 0.201 e. The van der Waals surface area contributed by atoms with Crippen LogP contribution in [0.3, 0.4) is 0 Å². The van der Waals surface area contributed by atoms with Gasteiger partial charge in [-0.05, 0) is 37.1 Å². The van der Waals surface area contributed by atoms with E-state index in [1.807, 2.05) is 0 Å². The average molecular weight is 402 g/mol. The molecule has 2 nitrogen and oxygen atoms in total. The fraction of sp³-hybridized carbons (Fsp3) is 0.167. The summed E-state index contributed by atoms with van der Waals surface area (Å²) in [6.07, 6.45) is 7.21. The molecule has 0 N–H and O–H groups in total. The number of rotatable bonds is 11. The van der Waals surface area contributed by atoms with Gasteiger partial charge in [-0.25, -0.2) is 8.78 Å². The van der Waals surface area contributed by atoms with E-state index in [1.165, 1.54) is 30.4 Å². The molecule has 0 atom stereocenters. The first kappa shape index (κ1) is 23.8. The Balaban J connectivity index is 2.70. The summed E-state index contributed by atoms with van der Waals surface area (Å²) in [5.74, 6) is -2.73. The summed E-state index contributed by atoms with van der Waals surface area (Å²) in [5, 5.41) is 0. The van der Waals surface area contributed by atoms with Crippen LogP contribution < -0.4 is 4.74 Å². The Hall–Kier alpha value is -3.21. The minimum absolute atomic E-state index is 0.0588. The van der Waals surface area contributed by atoms with Gasteiger partial charge in [-0.2, -0.15) is 4.39 Å². The van der Waals surface area contributed by atoms with E-state index < -0.39 is 17.5 Å². The van der Waals surface area contributed by atoms with Crippen LogP contribution >= 0.6 is 0 Å². The van der Waals surface area contributed by atoms with Crippen molar-refractivity contribution in [1.29, 1.82) is 0 Å². The van der Waals surface area contributed by atoms with Crippen LogP contribution in [0.4, 0.5) is 13.2 Å². The normalized spacial score (nSPS) is 11.7. The molecule has 0 amide bonds. The van der Waals surface area contributed by atoms with Crippen molar-refractivity contribution < 1.29 is 22.6 Å². The van der Waals surface area contributed by atoms with Crippen molar-refractivity contribution in [1.82, 2.24) is 0 Å². The van der Waals surface area contributed by atoms with Crippen LogP contribution in [0.15, 0.2) is 91.1 Å². The van der Waals surface area contributed by atoms with E-state index in [-0.39, 0.29) is 29.3 Å². The molecule has 5 heteroatoms. The summed E-state index contributed by atoms with van der Waals surface area (Å²) >= 11 is 0. The summed E-state index contributed by atoms with van der Waals surface area (Å²) in [6.45, 7) is 18.5. The molecular weight excluding hydrogens is 377 g/mol. The Bertz CT molecular complexity index is 890. The van der Waals surface area contributed by atoms with Crippen LogP contribution in [0, 0.1) is 11.6 Å². The van der Waals surface area contributed by atoms with Crippen molar-refractivity contribution >= 4 is 6.08 Å². The minimum atomic E-state index is -1.07. The Morgan fingerprint density at radius 3 is 2.38 bits per heavy atom. The Morgan fingerprint density at radius 2 is 1.76 bits per heavy atom. The summed E-state index contributed by atoms with van der Waals surface area (Å²) in [4.78, 5) is 0. The highest BCUT2D eigenvalue weighted by Gasteiger charge is 2.13. The predicted octanol–water partition coefficient (Wildman–Crippen LogP) is 7.01. The molecule has 0 aromatic heterocycles. The summed E-state index contributed by atoms with van der Waals surface area (Å²) in [6, 6.07) is 2.76. The molecule has 29 heavy (non-hydrogen) atoms. The molecule has 0 unspecified atom stereocenters. The van der Waals surface area contributed by atoms with Crippen LogP contribution in [-0.2, 0) is 4.74 Å². The van der Waals surface area contributed by atoms with Crippen LogP contribution in [0.2, 0.25) is 0 Å². The molecule has 0 spiro atoms. The molecule has 0 aliphatic heterocycles. The Kier molecular flexibility index (Phi) is 9.52. The van der Waals surface area contributed by atoms with Crippen LogP contribution in [-0.4, -0.2) is 13.2 Å². The second-order valence-electron chi connectivity index (χ2n) is 5.96. The molecule has 0 bridgehead atoms. The van der Waals surface area contributed by atoms with Crippen molar-refractivity contribution in [3.8, 4) is 5.75 Å². The number of benzene rings is 1. The van der Waals surface area contributed by atoms with Crippen LogP contribution in [0.5, 0.6) is 5.75 Å². The number of hydrogen-bond donors (Lipinski definition) is 0. The summed E-state index contributed by atoms with van der Waals surface area (Å²) < 4.78 is 52.4. The van der Waals surface area contributed by atoms with E-state index in [0.29, 0.717) is 17.8 Å². The van der Waals surface area contributed by atoms with Gasteiger partial charge in [0.05, 0.1) is 6.61 Å². The van der Waals surface area contributed by atoms with E-state index in [1.54, 1.807) is 19.9 Å². The number of allylic oxidation sites excluding steroid dienone is 6.